The first-order chi connectivity index (χ1) is 11.1. The van der Waals surface area contributed by atoms with Gasteiger partial charge in [-0.25, -0.2) is 0 Å². The molecule has 0 radical (unpaired) electrons. The summed E-state index contributed by atoms with van der Waals surface area (Å²) in [4.78, 5) is 21.0. The molecule has 7 heteroatoms. The smallest absolute Gasteiger partial charge is 0.243 e. The fourth-order valence-electron chi connectivity index (χ4n) is 3.49. The highest BCUT2D eigenvalue weighted by Crippen LogP contribution is 2.20. The van der Waals surface area contributed by atoms with Gasteiger partial charge in [0.15, 0.2) is 5.82 Å². The van der Waals surface area contributed by atoms with Gasteiger partial charge in [-0.1, -0.05) is 18.0 Å². The van der Waals surface area contributed by atoms with E-state index in [1.165, 1.54) is 12.8 Å². The first-order valence-electron chi connectivity index (χ1n) is 8.68. The fraction of sp³-hybridized carbons (Fsp3) is 0.812. The first-order valence-corrected chi connectivity index (χ1v) is 8.68. The van der Waals surface area contributed by atoms with Crippen molar-refractivity contribution < 1.29 is 9.32 Å². The Morgan fingerprint density at radius 1 is 1.30 bits per heavy atom. The second kappa shape index (κ2) is 7.40. The van der Waals surface area contributed by atoms with E-state index in [1.54, 1.807) is 0 Å². The number of nitrogens with zero attached hydrogens (tertiary/aromatic N) is 4. The number of aryl methyl sites for hydroxylation is 1. The highest BCUT2D eigenvalue weighted by Gasteiger charge is 2.26. The molecule has 2 fully saturated rings. The zero-order valence-corrected chi connectivity index (χ0v) is 14.1. The van der Waals surface area contributed by atoms with Gasteiger partial charge in [0, 0.05) is 32.2 Å². The molecule has 23 heavy (non-hydrogen) atoms. The predicted molar refractivity (Wildman–Crippen MR) is 85.9 cm³/mol. The SMILES string of the molecule is Cc1noc(C(C)N2CCN(CC(=O)NC3CCCC3)CC2)n1. The first kappa shape index (κ1) is 16.4. The van der Waals surface area contributed by atoms with Crippen LogP contribution in [0.15, 0.2) is 4.52 Å². The van der Waals surface area contributed by atoms with Gasteiger partial charge in [0.25, 0.3) is 0 Å². The predicted octanol–water partition coefficient (Wildman–Crippen LogP) is 1.12. The summed E-state index contributed by atoms with van der Waals surface area (Å²) in [5.74, 6) is 1.52. The minimum absolute atomic E-state index is 0.130. The average molecular weight is 321 g/mol. The van der Waals surface area contributed by atoms with Crippen LogP contribution in [0.2, 0.25) is 0 Å². The molecule has 1 aliphatic carbocycles. The second-order valence-electron chi connectivity index (χ2n) is 6.72. The zero-order valence-electron chi connectivity index (χ0n) is 14.1. The molecule has 1 aliphatic heterocycles. The standard InChI is InChI=1S/C16H27N5O2/c1-12(16-17-13(2)19-23-16)21-9-7-20(8-10-21)11-15(22)18-14-5-3-4-6-14/h12,14H,3-11H2,1-2H3,(H,18,22). The van der Waals surface area contributed by atoms with Gasteiger partial charge in [-0.2, -0.15) is 4.98 Å². The Labute approximate surface area is 137 Å². The normalized spacial score (nSPS) is 22.3. The number of piperazine rings is 1. The van der Waals surface area contributed by atoms with Gasteiger partial charge >= 0.3 is 0 Å². The summed E-state index contributed by atoms with van der Waals surface area (Å²) in [6, 6.07) is 0.537. The quantitative estimate of drug-likeness (QED) is 0.876. The van der Waals surface area contributed by atoms with Crippen LogP contribution in [-0.4, -0.2) is 64.6 Å². The van der Waals surface area contributed by atoms with Gasteiger partial charge in [0.05, 0.1) is 12.6 Å². The van der Waals surface area contributed by atoms with Crippen LogP contribution in [0.25, 0.3) is 0 Å². The van der Waals surface area contributed by atoms with Crippen molar-refractivity contribution in [1.82, 2.24) is 25.3 Å². The Balaban J connectivity index is 1.42. The summed E-state index contributed by atoms with van der Waals surface area (Å²) >= 11 is 0. The lowest BCUT2D eigenvalue weighted by Crippen LogP contribution is -2.50. The molecule has 2 aliphatic rings. The number of carbonyl (C=O) groups is 1. The third kappa shape index (κ3) is 4.29. The summed E-state index contributed by atoms with van der Waals surface area (Å²) in [6.07, 6.45) is 4.77. The molecule has 0 bridgehead atoms. The molecule has 7 nitrogen and oxygen atoms in total. The van der Waals surface area contributed by atoms with E-state index in [2.05, 4.69) is 32.2 Å². The Hall–Kier alpha value is -1.47. The molecule has 128 valence electrons. The van der Waals surface area contributed by atoms with Gasteiger partial charge in [0.1, 0.15) is 0 Å². The van der Waals surface area contributed by atoms with Crippen LogP contribution in [0, 0.1) is 6.92 Å². The summed E-state index contributed by atoms with van der Waals surface area (Å²) in [5, 5.41) is 7.02. The maximum Gasteiger partial charge on any atom is 0.243 e. The summed E-state index contributed by atoms with van der Waals surface area (Å²) in [6.45, 7) is 8.07. The number of rotatable bonds is 5. The van der Waals surface area contributed by atoms with Crippen LogP contribution in [0.3, 0.4) is 0 Å². The highest BCUT2D eigenvalue weighted by atomic mass is 16.5. The van der Waals surface area contributed by atoms with E-state index in [0.29, 0.717) is 24.3 Å². The van der Waals surface area contributed by atoms with Crippen molar-refractivity contribution in [1.29, 1.82) is 0 Å². The van der Waals surface area contributed by atoms with Crippen molar-refractivity contribution in [2.24, 2.45) is 0 Å². The molecule has 1 saturated carbocycles. The molecule has 1 aromatic rings. The van der Waals surface area contributed by atoms with Crippen LogP contribution in [0.1, 0.15) is 50.4 Å². The number of nitrogens with one attached hydrogen (secondary N) is 1. The number of amides is 1. The lowest BCUT2D eigenvalue weighted by Gasteiger charge is -2.36. The fourth-order valence-corrected chi connectivity index (χ4v) is 3.49. The summed E-state index contributed by atoms with van der Waals surface area (Å²) in [7, 11) is 0. The van der Waals surface area contributed by atoms with E-state index in [1.807, 2.05) is 6.92 Å². The van der Waals surface area contributed by atoms with Crippen molar-refractivity contribution in [2.75, 3.05) is 32.7 Å². The average Bonchev–Trinajstić information content (AvgIpc) is 3.19. The van der Waals surface area contributed by atoms with Gasteiger partial charge < -0.3 is 9.84 Å². The van der Waals surface area contributed by atoms with E-state index < -0.39 is 0 Å². The third-order valence-corrected chi connectivity index (χ3v) is 4.94. The molecule has 1 aromatic heterocycles. The van der Waals surface area contributed by atoms with Crippen molar-refractivity contribution in [3.8, 4) is 0 Å². The number of carbonyl (C=O) groups excluding carboxylic acids is 1. The Morgan fingerprint density at radius 3 is 2.61 bits per heavy atom. The zero-order chi connectivity index (χ0) is 16.2. The van der Waals surface area contributed by atoms with E-state index in [-0.39, 0.29) is 11.9 Å². The van der Waals surface area contributed by atoms with Crippen molar-refractivity contribution >= 4 is 5.91 Å². The molecule has 1 saturated heterocycles. The highest BCUT2D eigenvalue weighted by molar-refractivity contribution is 5.78. The van der Waals surface area contributed by atoms with E-state index in [4.69, 9.17) is 4.52 Å². The number of hydrogen-bond acceptors (Lipinski definition) is 6. The van der Waals surface area contributed by atoms with Crippen LogP contribution >= 0.6 is 0 Å². The van der Waals surface area contributed by atoms with Crippen molar-refractivity contribution in [2.45, 2.75) is 51.6 Å². The minimum Gasteiger partial charge on any atom is -0.352 e. The summed E-state index contributed by atoms with van der Waals surface area (Å²) < 4.78 is 5.26. The van der Waals surface area contributed by atoms with E-state index >= 15 is 0 Å². The lowest BCUT2D eigenvalue weighted by molar-refractivity contribution is -0.123. The Morgan fingerprint density at radius 2 is 2.00 bits per heavy atom. The van der Waals surface area contributed by atoms with Crippen LogP contribution in [-0.2, 0) is 4.79 Å². The van der Waals surface area contributed by atoms with Crippen LogP contribution < -0.4 is 5.32 Å². The molecule has 0 aromatic carbocycles. The molecule has 3 rings (SSSR count). The maximum absolute atomic E-state index is 12.1. The molecule has 2 heterocycles. The van der Waals surface area contributed by atoms with E-state index in [0.717, 1.165) is 39.0 Å². The van der Waals surface area contributed by atoms with Crippen molar-refractivity contribution in [3.05, 3.63) is 11.7 Å². The molecular weight excluding hydrogens is 294 g/mol. The van der Waals surface area contributed by atoms with Gasteiger partial charge in [0.2, 0.25) is 11.8 Å². The topological polar surface area (TPSA) is 74.5 Å². The van der Waals surface area contributed by atoms with Crippen molar-refractivity contribution in [3.63, 3.8) is 0 Å². The Kier molecular flexibility index (Phi) is 5.27. The van der Waals surface area contributed by atoms with Gasteiger partial charge in [-0.05, 0) is 26.7 Å². The number of aromatic nitrogens is 2. The van der Waals surface area contributed by atoms with Gasteiger partial charge in [-0.3, -0.25) is 14.6 Å². The van der Waals surface area contributed by atoms with Crippen LogP contribution in [0.4, 0.5) is 0 Å². The lowest BCUT2D eigenvalue weighted by atomic mass is 10.2. The molecule has 1 amide bonds. The maximum atomic E-state index is 12.1. The monoisotopic (exact) mass is 321 g/mol. The second-order valence-corrected chi connectivity index (χ2v) is 6.72. The molecule has 0 spiro atoms. The molecular formula is C16H27N5O2. The van der Waals surface area contributed by atoms with E-state index in [9.17, 15) is 4.79 Å². The van der Waals surface area contributed by atoms with Gasteiger partial charge in [-0.15, -0.1) is 0 Å². The summed E-state index contributed by atoms with van der Waals surface area (Å²) in [5.41, 5.74) is 0. The molecule has 1 N–H and O–H groups in total. The minimum atomic E-state index is 0.130. The number of hydrogen-bond donors (Lipinski definition) is 1. The Bertz CT molecular complexity index is 518. The third-order valence-electron chi connectivity index (χ3n) is 4.94. The molecule has 1 unspecified atom stereocenters. The molecule has 1 atom stereocenters. The largest absolute Gasteiger partial charge is 0.352 e. The van der Waals surface area contributed by atoms with Crippen LogP contribution in [0.5, 0.6) is 0 Å².